The van der Waals surface area contributed by atoms with E-state index in [1.54, 1.807) is 42.1 Å². The van der Waals surface area contributed by atoms with E-state index >= 15 is 0 Å². The molecule has 0 aliphatic carbocycles. The molecule has 0 bridgehead atoms. The first-order valence-electron chi connectivity index (χ1n) is 7.70. The van der Waals surface area contributed by atoms with Crippen molar-refractivity contribution in [1.29, 1.82) is 0 Å². The van der Waals surface area contributed by atoms with Crippen LogP contribution in [0.1, 0.15) is 20.8 Å². The van der Waals surface area contributed by atoms with Gasteiger partial charge in [0.25, 0.3) is 0 Å². The van der Waals surface area contributed by atoms with Gasteiger partial charge in [-0.2, -0.15) is 24.5 Å². The van der Waals surface area contributed by atoms with E-state index in [1.807, 2.05) is 0 Å². The van der Waals surface area contributed by atoms with Crippen LogP contribution >= 0.6 is 11.8 Å². The van der Waals surface area contributed by atoms with Gasteiger partial charge in [0.15, 0.2) is 0 Å². The summed E-state index contributed by atoms with van der Waals surface area (Å²) in [6.45, 7) is 6.59. The van der Waals surface area contributed by atoms with Gasteiger partial charge < -0.3 is 5.32 Å². The van der Waals surface area contributed by atoms with Gasteiger partial charge in [-0.1, -0.05) is 39.0 Å². The smallest absolute Gasteiger partial charge is 0.304 e. The number of nitrogens with zero attached hydrogens (tertiary/aromatic N) is 2. The number of nitrogens with one attached hydrogen (secondary N) is 1. The third-order valence-corrected chi connectivity index (χ3v) is 6.12. The lowest BCUT2D eigenvalue weighted by molar-refractivity contribution is -0.119. The third kappa shape index (κ3) is 6.70. The van der Waals surface area contributed by atoms with Crippen molar-refractivity contribution in [2.45, 2.75) is 25.5 Å². The Hall–Kier alpha value is -1.25. The molecule has 0 aliphatic rings. The Labute approximate surface area is 149 Å². The van der Waals surface area contributed by atoms with Crippen LogP contribution < -0.4 is 9.62 Å². The fourth-order valence-corrected chi connectivity index (χ4v) is 3.71. The second-order valence-corrected chi connectivity index (χ2v) is 10.4. The predicted octanol–water partition coefficient (Wildman–Crippen LogP) is 1.95. The lowest BCUT2D eigenvalue weighted by atomic mass is 10.3. The molecule has 0 saturated carbocycles. The summed E-state index contributed by atoms with van der Waals surface area (Å²) in [7, 11) is -0.845. The maximum atomic E-state index is 12.5. The average Bonchev–Trinajstić information content (AvgIpc) is 2.49. The Kier molecular flexibility index (Phi) is 7.56. The Morgan fingerprint density at radius 1 is 1.17 bits per heavy atom. The second-order valence-electron chi connectivity index (χ2n) is 6.44. The van der Waals surface area contributed by atoms with Gasteiger partial charge in [-0.15, -0.1) is 0 Å². The highest BCUT2D eigenvalue weighted by Crippen LogP contribution is 2.22. The van der Waals surface area contributed by atoms with Gasteiger partial charge in [-0.3, -0.25) is 4.79 Å². The predicted molar refractivity (Wildman–Crippen MR) is 102 cm³/mol. The molecule has 24 heavy (non-hydrogen) atoms. The molecule has 1 rings (SSSR count). The number of hydrogen-bond acceptors (Lipinski definition) is 4. The molecule has 0 aromatic heterocycles. The molecular weight excluding hydrogens is 346 g/mol. The van der Waals surface area contributed by atoms with Gasteiger partial charge in [0.1, 0.15) is 6.54 Å². The summed E-state index contributed by atoms with van der Waals surface area (Å²) in [6.07, 6.45) is 0. The van der Waals surface area contributed by atoms with Crippen molar-refractivity contribution >= 4 is 33.6 Å². The van der Waals surface area contributed by atoms with Crippen LogP contribution in [-0.2, 0) is 15.0 Å². The van der Waals surface area contributed by atoms with Crippen LogP contribution in [0, 0.1) is 0 Å². The van der Waals surface area contributed by atoms with Gasteiger partial charge >= 0.3 is 10.2 Å². The number of carbonyl (C=O) groups is 1. The van der Waals surface area contributed by atoms with E-state index in [-0.39, 0.29) is 17.2 Å². The van der Waals surface area contributed by atoms with Crippen LogP contribution in [0.25, 0.3) is 0 Å². The van der Waals surface area contributed by atoms with E-state index in [1.165, 1.54) is 14.1 Å². The van der Waals surface area contributed by atoms with E-state index in [4.69, 9.17) is 0 Å². The molecule has 6 nitrogen and oxygen atoms in total. The second kappa shape index (κ2) is 8.73. The number of thioether (sulfide) groups is 1. The molecule has 0 unspecified atom stereocenters. The summed E-state index contributed by atoms with van der Waals surface area (Å²) in [5.41, 5.74) is 0.463. The summed E-state index contributed by atoms with van der Waals surface area (Å²) in [5.74, 6) is 0.458. The topological polar surface area (TPSA) is 69.7 Å². The third-order valence-electron chi connectivity index (χ3n) is 3.03. The minimum Gasteiger partial charge on any atom is -0.354 e. The van der Waals surface area contributed by atoms with Gasteiger partial charge in [0.2, 0.25) is 5.91 Å². The summed E-state index contributed by atoms with van der Waals surface area (Å²) >= 11 is 1.75. The summed E-state index contributed by atoms with van der Waals surface area (Å²) in [4.78, 5) is 12.2. The van der Waals surface area contributed by atoms with Crippen molar-refractivity contribution in [2.24, 2.45) is 0 Å². The number of amides is 1. The summed E-state index contributed by atoms with van der Waals surface area (Å²) < 4.78 is 27.3. The standard InChI is InChI=1S/C16H27N3O3S2/c1-16(2,3)23-12-11-17-15(20)13-19(24(21,22)18(4)5)14-9-7-6-8-10-14/h6-10H,11-13H2,1-5H3,(H,17,20). The first-order chi connectivity index (χ1) is 11.0. The molecule has 0 fully saturated rings. The van der Waals surface area contributed by atoms with E-state index in [9.17, 15) is 13.2 Å². The highest BCUT2D eigenvalue weighted by molar-refractivity contribution is 8.00. The van der Waals surface area contributed by atoms with Gasteiger partial charge in [-0.05, 0) is 12.1 Å². The molecule has 1 aromatic carbocycles. The van der Waals surface area contributed by atoms with Gasteiger partial charge in [0.05, 0.1) is 5.69 Å². The Morgan fingerprint density at radius 3 is 2.25 bits per heavy atom. The zero-order valence-corrected chi connectivity index (χ0v) is 16.6. The first kappa shape index (κ1) is 20.8. The van der Waals surface area contributed by atoms with Crippen LogP contribution in [0.15, 0.2) is 30.3 Å². The van der Waals surface area contributed by atoms with Crippen molar-refractivity contribution in [3.63, 3.8) is 0 Å². The fourth-order valence-electron chi connectivity index (χ4n) is 1.83. The maximum absolute atomic E-state index is 12.5. The average molecular weight is 374 g/mol. The summed E-state index contributed by atoms with van der Waals surface area (Å²) in [5, 5.41) is 2.78. The molecular formula is C16H27N3O3S2. The van der Waals surface area contributed by atoms with Crippen molar-refractivity contribution in [3.05, 3.63) is 30.3 Å². The Bertz CT molecular complexity index is 626. The molecule has 0 atom stereocenters. The quantitative estimate of drug-likeness (QED) is 0.707. The van der Waals surface area contributed by atoms with E-state index in [2.05, 4.69) is 26.1 Å². The van der Waals surface area contributed by atoms with Crippen LogP contribution in [-0.4, -0.2) is 56.3 Å². The van der Waals surface area contributed by atoms with E-state index < -0.39 is 10.2 Å². The Morgan fingerprint density at radius 2 is 1.75 bits per heavy atom. The van der Waals surface area contributed by atoms with Crippen molar-refractivity contribution in [3.8, 4) is 0 Å². The number of carbonyl (C=O) groups excluding carboxylic acids is 1. The molecule has 0 spiro atoms. The molecule has 0 radical (unpaired) electrons. The molecule has 8 heteroatoms. The SMILES string of the molecule is CN(C)S(=O)(=O)N(CC(=O)NCCSC(C)(C)C)c1ccccc1. The molecule has 0 heterocycles. The van der Waals surface area contributed by atoms with Crippen molar-refractivity contribution in [1.82, 2.24) is 9.62 Å². The largest absolute Gasteiger partial charge is 0.354 e. The number of anilines is 1. The number of benzene rings is 1. The highest BCUT2D eigenvalue weighted by atomic mass is 32.2. The lowest BCUT2D eigenvalue weighted by Gasteiger charge is -2.27. The fraction of sp³-hybridized carbons (Fsp3) is 0.562. The first-order valence-corrected chi connectivity index (χ1v) is 10.1. The molecule has 0 saturated heterocycles. The van der Waals surface area contributed by atoms with E-state index in [0.717, 1.165) is 14.4 Å². The number of rotatable bonds is 8. The van der Waals surface area contributed by atoms with E-state index in [0.29, 0.717) is 12.2 Å². The zero-order valence-electron chi connectivity index (χ0n) is 14.9. The zero-order chi connectivity index (χ0) is 18.4. The highest BCUT2D eigenvalue weighted by Gasteiger charge is 2.27. The molecule has 136 valence electrons. The summed E-state index contributed by atoms with van der Waals surface area (Å²) in [6, 6.07) is 8.62. The van der Waals surface area contributed by atoms with Crippen LogP contribution in [0.5, 0.6) is 0 Å². The van der Waals surface area contributed by atoms with Crippen LogP contribution in [0.4, 0.5) is 5.69 Å². The van der Waals surface area contributed by atoms with Gasteiger partial charge in [-0.25, -0.2) is 4.31 Å². The Balaban J connectivity index is 2.75. The molecule has 0 aliphatic heterocycles. The minimum absolute atomic E-state index is 0.134. The van der Waals surface area contributed by atoms with Crippen molar-refractivity contribution in [2.75, 3.05) is 37.2 Å². The normalized spacial score (nSPS) is 12.2. The molecule has 1 amide bonds. The van der Waals surface area contributed by atoms with Crippen molar-refractivity contribution < 1.29 is 13.2 Å². The maximum Gasteiger partial charge on any atom is 0.304 e. The number of hydrogen-bond donors (Lipinski definition) is 1. The minimum atomic E-state index is -3.74. The lowest BCUT2D eigenvalue weighted by Crippen LogP contribution is -2.46. The monoisotopic (exact) mass is 373 g/mol. The van der Waals surface area contributed by atoms with Crippen LogP contribution in [0.3, 0.4) is 0 Å². The van der Waals surface area contributed by atoms with Crippen LogP contribution in [0.2, 0.25) is 0 Å². The number of para-hydroxylation sites is 1. The molecule has 1 N–H and O–H groups in total. The molecule has 1 aromatic rings. The van der Waals surface area contributed by atoms with Gasteiger partial charge in [0, 0.05) is 31.1 Å².